The molecule has 0 aromatic heterocycles. The monoisotopic (exact) mass is 390 g/mol. The molecule has 4 bridgehead atoms. The van der Waals surface area contributed by atoms with Crippen LogP contribution in [-0.4, -0.2) is 16.5 Å². The smallest absolute Gasteiger partial charge is 0.246 e. The Bertz CT molecular complexity index is 725. The van der Waals surface area contributed by atoms with E-state index >= 15 is 0 Å². The van der Waals surface area contributed by atoms with Crippen LogP contribution >= 0.6 is 23.2 Å². The number of rotatable bonds is 4. The molecule has 138 valence electrons. The number of carbonyl (C=O) groups is 1. The third kappa shape index (κ3) is 2.54. The van der Waals surface area contributed by atoms with Crippen LogP contribution in [0, 0.1) is 23.2 Å². The van der Waals surface area contributed by atoms with Gasteiger partial charge in [0.05, 0.1) is 10.8 Å². The van der Waals surface area contributed by atoms with Crippen molar-refractivity contribution in [3.8, 4) is 0 Å². The van der Waals surface area contributed by atoms with E-state index in [9.17, 15) is 4.79 Å². The third-order valence-electron chi connectivity index (χ3n) is 7.29. The summed E-state index contributed by atoms with van der Waals surface area (Å²) in [6.07, 6.45) is 9.47. The van der Waals surface area contributed by atoms with Crippen LogP contribution in [0.4, 0.5) is 0 Å². The molecule has 1 N–H and O–H groups in total. The van der Waals surface area contributed by atoms with E-state index in [-0.39, 0.29) is 11.3 Å². The number of halogens is 2. The van der Waals surface area contributed by atoms with E-state index in [1.807, 2.05) is 30.3 Å². The second kappa shape index (κ2) is 5.72. The Morgan fingerprint density at radius 3 is 2.08 bits per heavy atom. The van der Waals surface area contributed by atoms with Gasteiger partial charge in [0.15, 0.2) is 0 Å². The molecule has 1 unspecified atom stereocenters. The Balaban J connectivity index is 1.32. The number of nitrogens with one attached hydrogen (secondary N) is 1. The summed E-state index contributed by atoms with van der Waals surface area (Å²) < 4.78 is -0.858. The molecule has 5 aliphatic rings. The third-order valence-corrected chi connectivity index (χ3v) is 8.23. The Hall–Kier alpha value is -1.06. The second-order valence-corrected chi connectivity index (χ2v) is 10.6. The molecule has 0 spiro atoms. The molecule has 5 saturated carbocycles. The van der Waals surface area contributed by atoms with Gasteiger partial charge in [-0.25, -0.2) is 5.43 Å². The van der Waals surface area contributed by atoms with Gasteiger partial charge in [0.1, 0.15) is 4.33 Å². The first-order chi connectivity index (χ1) is 12.4. The van der Waals surface area contributed by atoms with Gasteiger partial charge in [0.25, 0.3) is 0 Å². The second-order valence-electron chi connectivity index (χ2n) is 9.12. The molecule has 0 aliphatic heterocycles. The molecule has 5 heteroatoms. The molecule has 1 amide bonds. The summed E-state index contributed by atoms with van der Waals surface area (Å²) in [4.78, 5) is 13.0. The van der Waals surface area contributed by atoms with Gasteiger partial charge in [-0.2, -0.15) is 5.10 Å². The van der Waals surface area contributed by atoms with Gasteiger partial charge in [0, 0.05) is 6.21 Å². The predicted octanol–water partition coefficient (Wildman–Crippen LogP) is 4.82. The van der Waals surface area contributed by atoms with Crippen molar-refractivity contribution >= 4 is 35.3 Å². The maximum atomic E-state index is 13.0. The Morgan fingerprint density at radius 1 is 1.04 bits per heavy atom. The van der Waals surface area contributed by atoms with E-state index in [0.29, 0.717) is 6.42 Å². The predicted molar refractivity (Wildman–Crippen MR) is 104 cm³/mol. The van der Waals surface area contributed by atoms with E-state index < -0.39 is 9.75 Å². The molecule has 3 nitrogen and oxygen atoms in total. The molecule has 1 aromatic carbocycles. The fourth-order valence-electron chi connectivity index (χ4n) is 6.28. The highest BCUT2D eigenvalue weighted by molar-refractivity contribution is 6.53. The number of amides is 1. The van der Waals surface area contributed by atoms with Gasteiger partial charge in [0.2, 0.25) is 5.91 Å². The van der Waals surface area contributed by atoms with Gasteiger partial charge in [-0.05, 0) is 68.3 Å². The minimum absolute atomic E-state index is 0.103. The first kappa shape index (κ1) is 17.1. The van der Waals surface area contributed by atoms with E-state index in [1.54, 1.807) is 6.21 Å². The molecule has 0 saturated heterocycles. The van der Waals surface area contributed by atoms with Crippen molar-refractivity contribution in [1.29, 1.82) is 0 Å². The number of benzene rings is 1. The van der Waals surface area contributed by atoms with Crippen LogP contribution in [0.5, 0.6) is 0 Å². The number of hydrogen-bond acceptors (Lipinski definition) is 2. The van der Waals surface area contributed by atoms with Gasteiger partial charge < -0.3 is 0 Å². The Morgan fingerprint density at radius 2 is 1.58 bits per heavy atom. The zero-order valence-corrected chi connectivity index (χ0v) is 16.3. The normalized spacial score (nSPS) is 42.2. The van der Waals surface area contributed by atoms with Crippen molar-refractivity contribution in [3.05, 3.63) is 35.9 Å². The van der Waals surface area contributed by atoms with Crippen LogP contribution in [-0.2, 0) is 10.2 Å². The van der Waals surface area contributed by atoms with Crippen molar-refractivity contribution < 1.29 is 4.79 Å². The average Bonchev–Trinajstić information content (AvgIpc) is 3.16. The molecule has 26 heavy (non-hydrogen) atoms. The zero-order valence-electron chi connectivity index (χ0n) is 14.8. The summed E-state index contributed by atoms with van der Waals surface area (Å²) in [6.45, 7) is 0. The van der Waals surface area contributed by atoms with Crippen LogP contribution in [0.15, 0.2) is 35.4 Å². The van der Waals surface area contributed by atoms with Gasteiger partial charge in [-0.3, -0.25) is 4.79 Å². The number of nitrogens with zero attached hydrogens (tertiary/aromatic N) is 1. The standard InChI is InChI=1S/C21H24Cl2N2O/c22-21(23)12-20(21,17-4-2-1-3-5-17)13-24-25-18(26)19-9-14-6-15(10-19)8-16(7-14)11-19/h1-5,13-16H,6-12H2,(H,25,26). The molecule has 5 aliphatic carbocycles. The van der Waals surface area contributed by atoms with Gasteiger partial charge in [-0.1, -0.05) is 30.3 Å². The average molecular weight is 391 g/mol. The van der Waals surface area contributed by atoms with Crippen molar-refractivity contribution in [2.45, 2.75) is 54.7 Å². The van der Waals surface area contributed by atoms with E-state index in [1.165, 1.54) is 19.3 Å². The minimum atomic E-state index is -0.858. The fraction of sp³-hybridized carbons (Fsp3) is 0.619. The first-order valence-electron chi connectivity index (χ1n) is 9.71. The molecule has 0 heterocycles. The Labute approximate surface area is 164 Å². The molecule has 1 aromatic rings. The summed E-state index contributed by atoms with van der Waals surface area (Å²) >= 11 is 12.9. The summed E-state index contributed by atoms with van der Waals surface area (Å²) in [5, 5.41) is 4.34. The molecule has 0 radical (unpaired) electrons. The first-order valence-corrected chi connectivity index (χ1v) is 10.5. The highest BCUT2D eigenvalue weighted by Gasteiger charge is 2.66. The van der Waals surface area contributed by atoms with Crippen molar-refractivity contribution in [2.24, 2.45) is 28.3 Å². The number of carbonyl (C=O) groups excluding carboxylic acids is 1. The minimum Gasteiger partial charge on any atom is -0.273 e. The van der Waals surface area contributed by atoms with Crippen LogP contribution in [0.1, 0.15) is 50.5 Å². The lowest BCUT2D eigenvalue weighted by Crippen LogP contribution is -2.52. The number of hydrogen-bond donors (Lipinski definition) is 1. The van der Waals surface area contributed by atoms with E-state index in [4.69, 9.17) is 23.2 Å². The van der Waals surface area contributed by atoms with Crippen LogP contribution in [0.25, 0.3) is 0 Å². The molecular weight excluding hydrogens is 367 g/mol. The highest BCUT2D eigenvalue weighted by Crippen LogP contribution is 2.64. The van der Waals surface area contributed by atoms with E-state index in [0.717, 1.165) is 42.6 Å². The number of hydrazone groups is 1. The maximum Gasteiger partial charge on any atom is 0.246 e. The van der Waals surface area contributed by atoms with Gasteiger partial charge in [-0.15, -0.1) is 23.2 Å². The van der Waals surface area contributed by atoms with E-state index in [2.05, 4.69) is 10.5 Å². The van der Waals surface area contributed by atoms with Crippen molar-refractivity contribution in [1.82, 2.24) is 5.43 Å². The number of alkyl halides is 2. The molecular formula is C21H24Cl2N2O. The lowest BCUT2D eigenvalue weighted by molar-refractivity contribution is -0.146. The maximum absolute atomic E-state index is 13.0. The summed E-state index contributed by atoms with van der Waals surface area (Å²) in [6, 6.07) is 9.94. The summed E-state index contributed by atoms with van der Waals surface area (Å²) in [5.41, 5.74) is 3.20. The van der Waals surface area contributed by atoms with Crippen LogP contribution < -0.4 is 5.43 Å². The lowest BCUT2D eigenvalue weighted by atomic mass is 9.49. The highest BCUT2D eigenvalue weighted by atomic mass is 35.5. The molecule has 1 atom stereocenters. The van der Waals surface area contributed by atoms with Crippen molar-refractivity contribution in [2.75, 3.05) is 0 Å². The topological polar surface area (TPSA) is 41.5 Å². The molecule has 6 rings (SSSR count). The fourth-order valence-corrected chi connectivity index (χ4v) is 7.02. The van der Waals surface area contributed by atoms with Crippen LogP contribution in [0.2, 0.25) is 0 Å². The van der Waals surface area contributed by atoms with Crippen molar-refractivity contribution in [3.63, 3.8) is 0 Å². The quantitative estimate of drug-likeness (QED) is 0.446. The Kier molecular flexibility index (Phi) is 3.75. The summed E-state index contributed by atoms with van der Waals surface area (Å²) in [5.74, 6) is 2.33. The zero-order chi connectivity index (χ0) is 18.0. The SMILES string of the molecule is O=C(NN=CC1(c2ccccc2)CC1(Cl)Cl)C12CC3CC(CC(C3)C1)C2. The van der Waals surface area contributed by atoms with Crippen LogP contribution in [0.3, 0.4) is 0 Å². The summed E-state index contributed by atoms with van der Waals surface area (Å²) in [7, 11) is 0. The largest absolute Gasteiger partial charge is 0.273 e. The molecule has 5 fully saturated rings. The van der Waals surface area contributed by atoms with Gasteiger partial charge >= 0.3 is 0 Å². The lowest BCUT2D eigenvalue weighted by Gasteiger charge is -2.55.